The first kappa shape index (κ1) is 24.6. The van der Waals surface area contributed by atoms with Crippen LogP contribution in [0.1, 0.15) is 22.3 Å². The summed E-state index contributed by atoms with van der Waals surface area (Å²) in [6, 6.07) is 23.2. The van der Waals surface area contributed by atoms with Gasteiger partial charge in [-0.15, -0.1) is 0 Å². The first-order valence-electron chi connectivity index (χ1n) is 10.2. The van der Waals surface area contributed by atoms with Gasteiger partial charge in [0.15, 0.2) is 10.2 Å². The number of ether oxygens (including phenoxy) is 2. The Balaban J connectivity index is 1.55. The average molecular weight is 493 g/mol. The van der Waals surface area contributed by atoms with Gasteiger partial charge in [-0.05, 0) is 77.0 Å². The smallest absolute Gasteiger partial charge is 0.184 e. The lowest BCUT2D eigenvalue weighted by atomic mass is 10.1. The molecule has 0 aliphatic heterocycles. The fraction of sp³-hybridized carbons (Fsp3) is 0.0833. The standard InChI is InChI=1S/C24H24N6O2S2/c25-23(33)29-27-13-17-4-2-8-21(11-17)31-15-19-6-1-7-20(10-19)16-32-22-9-3-5-18(12-22)14-28-30-24(26)34/h1-14H,15-16H2,(H3,25,29,33)(H3,26,30,34)/b27-13+,28-14+. The van der Waals surface area contributed by atoms with Crippen molar-refractivity contribution in [2.24, 2.45) is 21.7 Å². The molecular weight excluding hydrogens is 468 g/mol. The number of nitrogens with one attached hydrogen (secondary N) is 2. The van der Waals surface area contributed by atoms with Crippen LogP contribution in [0.5, 0.6) is 11.5 Å². The Bertz CT molecular complexity index is 1110. The van der Waals surface area contributed by atoms with Crippen molar-refractivity contribution in [3.8, 4) is 11.5 Å². The Morgan fingerprint density at radius 1 is 0.706 bits per heavy atom. The van der Waals surface area contributed by atoms with E-state index in [9.17, 15) is 0 Å². The van der Waals surface area contributed by atoms with Gasteiger partial charge in [-0.25, -0.2) is 0 Å². The van der Waals surface area contributed by atoms with E-state index >= 15 is 0 Å². The highest BCUT2D eigenvalue weighted by Crippen LogP contribution is 2.17. The van der Waals surface area contributed by atoms with E-state index in [0.717, 1.165) is 33.8 Å². The van der Waals surface area contributed by atoms with E-state index < -0.39 is 0 Å². The van der Waals surface area contributed by atoms with Crippen LogP contribution >= 0.6 is 24.4 Å². The highest BCUT2D eigenvalue weighted by atomic mass is 32.1. The molecule has 3 rings (SSSR count). The van der Waals surface area contributed by atoms with Crippen LogP contribution in [-0.2, 0) is 13.2 Å². The summed E-state index contributed by atoms with van der Waals surface area (Å²) in [5.41, 5.74) is 19.5. The van der Waals surface area contributed by atoms with Crippen molar-refractivity contribution in [3.05, 3.63) is 95.1 Å². The van der Waals surface area contributed by atoms with Crippen LogP contribution in [-0.4, -0.2) is 22.7 Å². The monoisotopic (exact) mass is 492 g/mol. The molecule has 0 bridgehead atoms. The van der Waals surface area contributed by atoms with E-state index in [-0.39, 0.29) is 10.2 Å². The third-order valence-corrected chi connectivity index (χ3v) is 4.48. The summed E-state index contributed by atoms with van der Waals surface area (Å²) in [6.45, 7) is 0.836. The maximum Gasteiger partial charge on any atom is 0.184 e. The Hall–Kier alpha value is -4.02. The van der Waals surface area contributed by atoms with Crippen molar-refractivity contribution < 1.29 is 9.47 Å². The number of hydrazone groups is 2. The average Bonchev–Trinajstić information content (AvgIpc) is 2.82. The lowest BCUT2D eigenvalue weighted by Crippen LogP contribution is -2.23. The van der Waals surface area contributed by atoms with Crippen LogP contribution < -0.4 is 31.8 Å². The van der Waals surface area contributed by atoms with Gasteiger partial charge in [0.2, 0.25) is 0 Å². The van der Waals surface area contributed by atoms with Gasteiger partial charge in [0.25, 0.3) is 0 Å². The first-order chi connectivity index (χ1) is 16.5. The zero-order valence-corrected chi connectivity index (χ0v) is 19.8. The fourth-order valence-electron chi connectivity index (χ4n) is 2.85. The van der Waals surface area contributed by atoms with E-state index in [0.29, 0.717) is 13.2 Å². The van der Waals surface area contributed by atoms with Crippen LogP contribution in [0.4, 0.5) is 0 Å². The molecule has 0 saturated carbocycles. The van der Waals surface area contributed by atoms with Gasteiger partial charge in [-0.3, -0.25) is 10.9 Å². The predicted octanol–water partition coefficient (Wildman–Crippen LogP) is 3.18. The zero-order valence-electron chi connectivity index (χ0n) is 18.2. The fourth-order valence-corrected chi connectivity index (χ4v) is 2.96. The zero-order chi connectivity index (χ0) is 24.2. The summed E-state index contributed by atoms with van der Waals surface area (Å²) in [5, 5.41) is 8.13. The minimum Gasteiger partial charge on any atom is -0.489 e. The molecule has 0 atom stereocenters. The van der Waals surface area contributed by atoms with Crippen LogP contribution in [0, 0.1) is 0 Å². The van der Waals surface area contributed by atoms with Gasteiger partial charge in [0.05, 0.1) is 12.4 Å². The van der Waals surface area contributed by atoms with E-state index in [2.05, 4.69) is 27.1 Å². The number of nitrogens with two attached hydrogens (primary N) is 2. The van der Waals surface area contributed by atoms with Gasteiger partial charge in [-0.2, -0.15) is 10.2 Å². The summed E-state index contributed by atoms with van der Waals surface area (Å²) in [7, 11) is 0. The van der Waals surface area contributed by atoms with Crippen LogP contribution in [0.25, 0.3) is 0 Å². The summed E-state index contributed by atoms with van der Waals surface area (Å²) in [6.07, 6.45) is 3.24. The lowest BCUT2D eigenvalue weighted by molar-refractivity contribution is 0.300. The molecule has 3 aromatic rings. The summed E-state index contributed by atoms with van der Waals surface area (Å²) in [4.78, 5) is 0. The SMILES string of the molecule is NC(=S)N/N=C/c1cccc(OCc2cccc(COc3cccc(/C=N/NC(N)=S)c3)c2)c1. The molecule has 0 unspecified atom stereocenters. The minimum atomic E-state index is 0.110. The van der Waals surface area contributed by atoms with E-state index in [1.54, 1.807) is 12.4 Å². The molecule has 0 spiro atoms. The first-order valence-corrected chi connectivity index (χ1v) is 11.0. The molecular formula is C24H24N6O2S2. The predicted molar refractivity (Wildman–Crippen MR) is 143 cm³/mol. The number of hydrogen-bond donors (Lipinski definition) is 4. The Kier molecular flexibility index (Phi) is 9.32. The molecule has 0 amide bonds. The van der Waals surface area contributed by atoms with Crippen molar-refractivity contribution >= 4 is 47.1 Å². The van der Waals surface area contributed by atoms with Crippen molar-refractivity contribution in [3.63, 3.8) is 0 Å². The van der Waals surface area contributed by atoms with Crippen molar-refractivity contribution in [1.82, 2.24) is 10.9 Å². The number of rotatable bonds is 10. The molecule has 10 heteroatoms. The Morgan fingerprint density at radius 2 is 1.15 bits per heavy atom. The summed E-state index contributed by atoms with van der Waals surface area (Å²) < 4.78 is 11.9. The third-order valence-electron chi connectivity index (χ3n) is 4.30. The highest BCUT2D eigenvalue weighted by molar-refractivity contribution is 7.80. The van der Waals surface area contributed by atoms with E-state index in [1.165, 1.54) is 0 Å². The largest absolute Gasteiger partial charge is 0.489 e. The maximum atomic E-state index is 5.94. The highest BCUT2D eigenvalue weighted by Gasteiger charge is 2.02. The van der Waals surface area contributed by atoms with Gasteiger partial charge in [0, 0.05) is 0 Å². The molecule has 0 saturated heterocycles. The molecule has 0 heterocycles. The van der Waals surface area contributed by atoms with Crippen LogP contribution in [0.2, 0.25) is 0 Å². The van der Waals surface area contributed by atoms with Gasteiger partial charge >= 0.3 is 0 Å². The van der Waals surface area contributed by atoms with E-state index in [4.69, 9.17) is 45.4 Å². The quantitative estimate of drug-likeness (QED) is 0.194. The minimum absolute atomic E-state index is 0.110. The molecule has 3 aromatic carbocycles. The van der Waals surface area contributed by atoms with Crippen LogP contribution in [0.3, 0.4) is 0 Å². The molecule has 6 N–H and O–H groups in total. The normalized spacial score (nSPS) is 10.8. The summed E-state index contributed by atoms with van der Waals surface area (Å²) in [5.74, 6) is 1.45. The number of benzene rings is 3. The summed E-state index contributed by atoms with van der Waals surface area (Å²) >= 11 is 9.44. The molecule has 8 nitrogen and oxygen atoms in total. The molecule has 34 heavy (non-hydrogen) atoms. The maximum absolute atomic E-state index is 5.94. The second-order valence-electron chi connectivity index (χ2n) is 7.01. The Morgan fingerprint density at radius 3 is 1.59 bits per heavy atom. The number of thiocarbonyl (C=S) groups is 2. The number of nitrogens with zero attached hydrogens (tertiary/aromatic N) is 2. The molecule has 0 radical (unpaired) electrons. The van der Waals surface area contributed by atoms with Gasteiger partial charge in [-0.1, -0.05) is 42.5 Å². The van der Waals surface area contributed by atoms with Gasteiger partial charge < -0.3 is 20.9 Å². The number of hydrogen-bond acceptors (Lipinski definition) is 6. The van der Waals surface area contributed by atoms with Gasteiger partial charge in [0.1, 0.15) is 24.7 Å². The molecule has 174 valence electrons. The van der Waals surface area contributed by atoms with Crippen LogP contribution in [0.15, 0.2) is 83.0 Å². The second kappa shape index (κ2) is 12.9. The van der Waals surface area contributed by atoms with Crippen molar-refractivity contribution in [1.29, 1.82) is 0 Å². The lowest BCUT2D eigenvalue weighted by Gasteiger charge is -2.10. The second-order valence-corrected chi connectivity index (χ2v) is 7.89. The van der Waals surface area contributed by atoms with Crippen molar-refractivity contribution in [2.75, 3.05) is 0 Å². The molecule has 0 aromatic heterocycles. The van der Waals surface area contributed by atoms with Crippen molar-refractivity contribution in [2.45, 2.75) is 13.2 Å². The molecule has 0 fully saturated rings. The van der Waals surface area contributed by atoms with E-state index in [1.807, 2.05) is 66.7 Å². The Labute approximate surface area is 208 Å². The molecule has 0 aliphatic carbocycles. The third kappa shape index (κ3) is 8.85. The topological polar surface area (TPSA) is 119 Å². The molecule has 0 aliphatic rings.